The van der Waals surface area contributed by atoms with E-state index in [0.29, 0.717) is 11.5 Å². The van der Waals surface area contributed by atoms with Crippen LogP contribution in [0.3, 0.4) is 0 Å². The van der Waals surface area contributed by atoms with Gasteiger partial charge >= 0.3 is 6.18 Å². The van der Waals surface area contributed by atoms with Crippen LogP contribution < -0.4 is 5.73 Å². The van der Waals surface area contributed by atoms with Gasteiger partial charge in [-0.2, -0.15) is 13.2 Å². The standard InChI is InChI=1S/C14H18F3N/c1-2-10-6-7-13(18,9-10)11-4-3-5-12(8-11)14(15,16)17/h3-5,8,10H,2,6-7,9,18H2,1H3. The summed E-state index contributed by atoms with van der Waals surface area (Å²) >= 11 is 0. The van der Waals surface area contributed by atoms with E-state index in [0.717, 1.165) is 31.7 Å². The van der Waals surface area contributed by atoms with Crippen LogP contribution in [0.25, 0.3) is 0 Å². The van der Waals surface area contributed by atoms with E-state index in [-0.39, 0.29) is 0 Å². The van der Waals surface area contributed by atoms with Crippen molar-refractivity contribution in [2.75, 3.05) is 0 Å². The van der Waals surface area contributed by atoms with E-state index in [4.69, 9.17) is 5.73 Å². The van der Waals surface area contributed by atoms with Crippen LogP contribution in [0.5, 0.6) is 0 Å². The monoisotopic (exact) mass is 257 g/mol. The van der Waals surface area contributed by atoms with Crippen LogP contribution in [-0.4, -0.2) is 0 Å². The molecule has 1 aromatic rings. The van der Waals surface area contributed by atoms with Gasteiger partial charge in [-0.1, -0.05) is 25.5 Å². The lowest BCUT2D eigenvalue weighted by Gasteiger charge is -2.25. The van der Waals surface area contributed by atoms with Gasteiger partial charge in [0.05, 0.1) is 5.56 Å². The Morgan fingerprint density at radius 1 is 1.39 bits per heavy atom. The maximum Gasteiger partial charge on any atom is 0.416 e. The van der Waals surface area contributed by atoms with E-state index in [2.05, 4.69) is 6.92 Å². The van der Waals surface area contributed by atoms with Crippen molar-refractivity contribution in [1.29, 1.82) is 0 Å². The molecule has 2 rings (SSSR count). The van der Waals surface area contributed by atoms with Gasteiger partial charge < -0.3 is 5.73 Å². The van der Waals surface area contributed by atoms with Crippen molar-refractivity contribution in [3.8, 4) is 0 Å². The summed E-state index contributed by atoms with van der Waals surface area (Å²) in [6, 6.07) is 5.47. The summed E-state index contributed by atoms with van der Waals surface area (Å²) in [6.07, 6.45) is -0.700. The number of benzene rings is 1. The average Bonchev–Trinajstić information content (AvgIpc) is 2.72. The predicted octanol–water partition coefficient (Wildman–Crippen LogP) is 4.07. The smallest absolute Gasteiger partial charge is 0.321 e. The first-order valence-electron chi connectivity index (χ1n) is 6.32. The van der Waals surface area contributed by atoms with Gasteiger partial charge in [0.15, 0.2) is 0 Å². The first-order chi connectivity index (χ1) is 8.35. The van der Waals surface area contributed by atoms with Gasteiger partial charge in [-0.05, 0) is 42.9 Å². The molecule has 0 aromatic heterocycles. The van der Waals surface area contributed by atoms with Gasteiger partial charge in [0.1, 0.15) is 0 Å². The number of nitrogens with two attached hydrogens (primary N) is 1. The fourth-order valence-corrected chi connectivity index (χ4v) is 2.80. The highest BCUT2D eigenvalue weighted by Crippen LogP contribution is 2.42. The minimum atomic E-state index is -4.30. The third-order valence-electron chi connectivity index (χ3n) is 3.99. The SMILES string of the molecule is CCC1CCC(N)(c2cccc(C(F)(F)F)c2)C1. The fraction of sp³-hybridized carbons (Fsp3) is 0.571. The molecule has 2 unspecified atom stereocenters. The Labute approximate surface area is 105 Å². The number of halogens is 3. The van der Waals surface area contributed by atoms with Crippen molar-refractivity contribution in [2.24, 2.45) is 11.7 Å². The molecule has 0 spiro atoms. The molecule has 0 radical (unpaired) electrons. The van der Waals surface area contributed by atoms with E-state index < -0.39 is 17.3 Å². The van der Waals surface area contributed by atoms with Crippen molar-refractivity contribution >= 4 is 0 Å². The van der Waals surface area contributed by atoms with Crippen LogP contribution in [0.2, 0.25) is 0 Å². The van der Waals surface area contributed by atoms with Crippen LogP contribution in [0.15, 0.2) is 24.3 Å². The molecular formula is C14H18F3N. The molecule has 2 atom stereocenters. The number of hydrogen-bond acceptors (Lipinski definition) is 1. The topological polar surface area (TPSA) is 26.0 Å². The van der Waals surface area contributed by atoms with E-state index in [1.807, 2.05) is 0 Å². The lowest BCUT2D eigenvalue weighted by molar-refractivity contribution is -0.137. The van der Waals surface area contributed by atoms with Crippen molar-refractivity contribution < 1.29 is 13.2 Å². The highest BCUT2D eigenvalue weighted by Gasteiger charge is 2.38. The summed E-state index contributed by atoms with van der Waals surface area (Å²) in [4.78, 5) is 0. The Bertz CT molecular complexity index is 427. The van der Waals surface area contributed by atoms with E-state index in [9.17, 15) is 13.2 Å². The summed E-state index contributed by atoms with van der Waals surface area (Å²) < 4.78 is 38.0. The second kappa shape index (κ2) is 4.57. The molecular weight excluding hydrogens is 239 g/mol. The lowest BCUT2D eigenvalue weighted by Crippen LogP contribution is -2.34. The third-order valence-corrected chi connectivity index (χ3v) is 3.99. The van der Waals surface area contributed by atoms with Gasteiger partial charge in [-0.3, -0.25) is 0 Å². The molecule has 1 aliphatic carbocycles. The zero-order chi connectivity index (χ0) is 13.4. The molecule has 0 saturated heterocycles. The summed E-state index contributed by atoms with van der Waals surface area (Å²) in [5, 5.41) is 0. The van der Waals surface area contributed by atoms with Crippen molar-refractivity contribution in [3.63, 3.8) is 0 Å². The van der Waals surface area contributed by atoms with Crippen LogP contribution >= 0.6 is 0 Å². The summed E-state index contributed by atoms with van der Waals surface area (Å²) in [5.41, 5.74) is 5.72. The predicted molar refractivity (Wildman–Crippen MR) is 64.9 cm³/mol. The third kappa shape index (κ3) is 2.53. The highest BCUT2D eigenvalue weighted by molar-refractivity contribution is 5.31. The fourth-order valence-electron chi connectivity index (χ4n) is 2.80. The van der Waals surface area contributed by atoms with Crippen molar-refractivity contribution in [3.05, 3.63) is 35.4 Å². The van der Waals surface area contributed by atoms with Crippen molar-refractivity contribution in [2.45, 2.75) is 44.3 Å². The second-order valence-electron chi connectivity index (χ2n) is 5.25. The minimum absolute atomic E-state index is 0.532. The van der Waals surface area contributed by atoms with Gasteiger partial charge in [-0.25, -0.2) is 0 Å². The van der Waals surface area contributed by atoms with Crippen LogP contribution in [0.4, 0.5) is 13.2 Å². The molecule has 1 aliphatic rings. The van der Waals surface area contributed by atoms with Gasteiger partial charge in [-0.15, -0.1) is 0 Å². The Kier molecular flexibility index (Phi) is 3.41. The largest absolute Gasteiger partial charge is 0.416 e. The molecule has 1 nitrogen and oxygen atoms in total. The van der Waals surface area contributed by atoms with Gasteiger partial charge in [0.2, 0.25) is 0 Å². The maximum atomic E-state index is 12.7. The van der Waals surface area contributed by atoms with Crippen LogP contribution in [0.1, 0.15) is 43.7 Å². The van der Waals surface area contributed by atoms with Gasteiger partial charge in [0, 0.05) is 5.54 Å². The minimum Gasteiger partial charge on any atom is -0.321 e. The molecule has 0 amide bonds. The summed E-state index contributed by atoms with van der Waals surface area (Å²) in [5.74, 6) is 0.532. The van der Waals surface area contributed by atoms with Crippen LogP contribution in [0, 0.1) is 5.92 Å². The molecule has 4 heteroatoms. The molecule has 0 aliphatic heterocycles. The first kappa shape index (κ1) is 13.4. The molecule has 0 heterocycles. The average molecular weight is 257 g/mol. The zero-order valence-electron chi connectivity index (χ0n) is 10.4. The Morgan fingerprint density at radius 3 is 2.67 bits per heavy atom. The van der Waals surface area contributed by atoms with E-state index in [1.165, 1.54) is 12.1 Å². The summed E-state index contributed by atoms with van der Waals surface area (Å²) in [6.45, 7) is 2.10. The molecule has 100 valence electrons. The molecule has 1 fully saturated rings. The van der Waals surface area contributed by atoms with E-state index >= 15 is 0 Å². The Morgan fingerprint density at radius 2 is 2.11 bits per heavy atom. The van der Waals surface area contributed by atoms with Crippen molar-refractivity contribution in [1.82, 2.24) is 0 Å². The highest BCUT2D eigenvalue weighted by atomic mass is 19.4. The second-order valence-corrected chi connectivity index (χ2v) is 5.25. The number of alkyl halides is 3. The molecule has 2 N–H and O–H groups in total. The number of rotatable bonds is 2. The van der Waals surface area contributed by atoms with E-state index in [1.54, 1.807) is 6.07 Å². The normalized spacial score (nSPS) is 28.6. The molecule has 0 bridgehead atoms. The Hall–Kier alpha value is -1.03. The molecule has 1 aromatic carbocycles. The number of hydrogen-bond donors (Lipinski definition) is 1. The lowest BCUT2D eigenvalue weighted by atomic mass is 9.87. The summed E-state index contributed by atoms with van der Waals surface area (Å²) in [7, 11) is 0. The van der Waals surface area contributed by atoms with Crippen LogP contribution in [-0.2, 0) is 11.7 Å². The van der Waals surface area contributed by atoms with Gasteiger partial charge in [0.25, 0.3) is 0 Å². The molecule has 1 saturated carbocycles. The molecule has 18 heavy (non-hydrogen) atoms. The first-order valence-corrected chi connectivity index (χ1v) is 6.32. The Balaban J connectivity index is 2.29. The maximum absolute atomic E-state index is 12.7. The quantitative estimate of drug-likeness (QED) is 0.849. The zero-order valence-corrected chi connectivity index (χ0v) is 10.4.